The minimum atomic E-state index is -0.535. The van der Waals surface area contributed by atoms with E-state index in [0.717, 1.165) is 38.5 Å². The zero-order valence-electron chi connectivity index (χ0n) is 15.6. The highest BCUT2D eigenvalue weighted by Gasteiger charge is 2.42. The highest BCUT2D eigenvalue weighted by molar-refractivity contribution is 8.00. The maximum absolute atomic E-state index is 13.2. The van der Waals surface area contributed by atoms with E-state index in [-0.39, 0.29) is 17.3 Å². The predicted molar refractivity (Wildman–Crippen MR) is 108 cm³/mol. The fourth-order valence-corrected chi connectivity index (χ4v) is 4.65. The summed E-state index contributed by atoms with van der Waals surface area (Å²) in [5.74, 6) is 0.0988. The molecule has 26 heavy (non-hydrogen) atoms. The molecule has 0 aromatic heterocycles. The molecule has 0 saturated carbocycles. The smallest absolute Gasteiger partial charge is 0.329 e. The third-order valence-electron chi connectivity index (χ3n) is 4.50. The van der Waals surface area contributed by atoms with Crippen LogP contribution >= 0.6 is 23.4 Å². The van der Waals surface area contributed by atoms with Gasteiger partial charge in [0.25, 0.3) is 5.91 Å². The van der Waals surface area contributed by atoms with Gasteiger partial charge in [-0.25, -0.2) is 4.79 Å². The van der Waals surface area contributed by atoms with Crippen molar-refractivity contribution in [1.29, 1.82) is 0 Å². The Morgan fingerprint density at radius 2 is 1.92 bits per heavy atom. The van der Waals surface area contributed by atoms with Crippen molar-refractivity contribution in [3.63, 3.8) is 0 Å². The number of thioether (sulfide) groups is 1. The monoisotopic (exact) mass is 397 g/mol. The Kier molecular flexibility index (Phi) is 8.79. The maximum atomic E-state index is 13.2. The van der Waals surface area contributed by atoms with Gasteiger partial charge in [-0.15, -0.1) is 11.8 Å². The zero-order valence-corrected chi connectivity index (χ0v) is 17.2. The summed E-state index contributed by atoms with van der Waals surface area (Å²) in [6.07, 6.45) is 5.97. The average molecular weight is 398 g/mol. The van der Waals surface area contributed by atoms with Crippen LogP contribution in [0.5, 0.6) is 0 Å². The Hall–Kier alpha value is -1.20. The molecule has 0 aliphatic carbocycles. The topological polar surface area (TPSA) is 46.6 Å². The predicted octanol–water partition coefficient (Wildman–Crippen LogP) is 5.15. The molecule has 0 radical (unpaired) electrons. The van der Waals surface area contributed by atoms with Crippen LogP contribution in [-0.2, 0) is 9.53 Å². The van der Waals surface area contributed by atoms with Crippen molar-refractivity contribution in [2.45, 2.75) is 63.8 Å². The van der Waals surface area contributed by atoms with Gasteiger partial charge in [-0.05, 0) is 25.0 Å². The summed E-state index contributed by atoms with van der Waals surface area (Å²) >= 11 is 7.90. The van der Waals surface area contributed by atoms with Crippen molar-refractivity contribution in [2.75, 3.05) is 12.4 Å². The number of esters is 1. The number of unbranched alkanes of at least 4 members (excludes halogenated alkanes) is 3. The molecule has 1 amide bonds. The fraction of sp³-hybridized carbons (Fsp3) is 0.600. The number of halogens is 1. The lowest BCUT2D eigenvalue weighted by Crippen LogP contribution is -2.46. The lowest BCUT2D eigenvalue weighted by Gasteiger charge is -2.28. The largest absolute Gasteiger partial charge is 0.464 e. The molecule has 1 aromatic carbocycles. The second-order valence-electron chi connectivity index (χ2n) is 6.51. The highest BCUT2D eigenvalue weighted by Crippen LogP contribution is 2.35. The van der Waals surface area contributed by atoms with E-state index < -0.39 is 6.04 Å². The third kappa shape index (κ3) is 5.40. The van der Waals surface area contributed by atoms with Crippen LogP contribution in [0.15, 0.2) is 24.3 Å². The number of amides is 1. The summed E-state index contributed by atoms with van der Waals surface area (Å²) in [7, 11) is 0. The Morgan fingerprint density at radius 3 is 2.62 bits per heavy atom. The second-order valence-corrected chi connectivity index (χ2v) is 8.13. The molecule has 0 N–H and O–H groups in total. The average Bonchev–Trinajstić information content (AvgIpc) is 3.06. The van der Waals surface area contributed by atoms with Crippen LogP contribution in [0, 0.1) is 0 Å². The number of benzene rings is 1. The number of ether oxygens (including phenoxy) is 1. The Balaban J connectivity index is 2.17. The first-order valence-corrected chi connectivity index (χ1v) is 10.9. The van der Waals surface area contributed by atoms with Gasteiger partial charge < -0.3 is 9.64 Å². The molecular formula is C20H28ClNO3S. The van der Waals surface area contributed by atoms with Crippen LogP contribution in [-0.4, -0.2) is 40.6 Å². The van der Waals surface area contributed by atoms with Gasteiger partial charge in [0, 0.05) is 5.75 Å². The number of carbonyl (C=O) groups excluding carboxylic acids is 2. The number of nitrogens with zero attached hydrogens (tertiary/aromatic N) is 1. The molecule has 144 valence electrons. The highest BCUT2D eigenvalue weighted by atomic mass is 35.5. The molecule has 6 heteroatoms. The SMILES string of the molecule is CCCCCC1SCC(C(=O)OCCCC)N1C(=O)c1ccccc1Cl. The normalized spacial score (nSPS) is 19.6. The molecule has 2 unspecified atom stereocenters. The Labute approximate surface area is 165 Å². The van der Waals surface area contributed by atoms with Gasteiger partial charge in [-0.2, -0.15) is 0 Å². The van der Waals surface area contributed by atoms with E-state index in [9.17, 15) is 9.59 Å². The maximum Gasteiger partial charge on any atom is 0.329 e. The standard InChI is InChI=1S/C20H28ClNO3S/c1-3-5-7-12-18-22(19(23)15-10-8-9-11-16(15)21)17(14-26-18)20(24)25-13-6-4-2/h8-11,17-18H,3-7,12-14H2,1-2H3. The third-order valence-corrected chi connectivity index (χ3v) is 6.19. The van der Waals surface area contributed by atoms with E-state index in [2.05, 4.69) is 13.8 Å². The lowest BCUT2D eigenvalue weighted by molar-refractivity contribution is -0.148. The molecule has 2 atom stereocenters. The molecule has 2 rings (SSSR count). The van der Waals surface area contributed by atoms with E-state index in [0.29, 0.717) is 22.9 Å². The van der Waals surface area contributed by atoms with Crippen LogP contribution in [0.4, 0.5) is 0 Å². The quantitative estimate of drug-likeness (QED) is 0.427. The van der Waals surface area contributed by atoms with Gasteiger partial charge in [0.2, 0.25) is 0 Å². The zero-order chi connectivity index (χ0) is 18.9. The van der Waals surface area contributed by atoms with Crippen LogP contribution in [0.1, 0.15) is 62.7 Å². The van der Waals surface area contributed by atoms with Crippen molar-refractivity contribution >= 4 is 35.2 Å². The van der Waals surface area contributed by atoms with Crippen molar-refractivity contribution in [2.24, 2.45) is 0 Å². The summed E-state index contributed by atoms with van der Waals surface area (Å²) < 4.78 is 5.41. The molecular weight excluding hydrogens is 370 g/mol. The van der Waals surface area contributed by atoms with Crippen molar-refractivity contribution in [3.8, 4) is 0 Å². The van der Waals surface area contributed by atoms with E-state index in [1.54, 1.807) is 40.9 Å². The van der Waals surface area contributed by atoms with Crippen LogP contribution in [0.2, 0.25) is 5.02 Å². The van der Waals surface area contributed by atoms with Crippen molar-refractivity contribution in [3.05, 3.63) is 34.9 Å². The summed E-state index contributed by atoms with van der Waals surface area (Å²) in [6.45, 7) is 4.61. The van der Waals surface area contributed by atoms with E-state index >= 15 is 0 Å². The molecule has 1 aromatic rings. The summed E-state index contributed by atoms with van der Waals surface area (Å²) in [5.41, 5.74) is 0.448. The molecule has 1 saturated heterocycles. The van der Waals surface area contributed by atoms with Crippen molar-refractivity contribution < 1.29 is 14.3 Å². The molecule has 4 nitrogen and oxygen atoms in total. The fourth-order valence-electron chi connectivity index (χ4n) is 3.00. The van der Waals surface area contributed by atoms with E-state index in [1.807, 2.05) is 0 Å². The van der Waals surface area contributed by atoms with Crippen molar-refractivity contribution in [1.82, 2.24) is 4.90 Å². The number of carbonyl (C=O) groups is 2. The van der Waals surface area contributed by atoms with E-state index in [4.69, 9.17) is 16.3 Å². The molecule has 1 heterocycles. The first-order chi connectivity index (χ1) is 12.6. The Bertz CT molecular complexity index is 610. The van der Waals surface area contributed by atoms with Crippen LogP contribution < -0.4 is 0 Å². The summed E-state index contributed by atoms with van der Waals surface area (Å²) in [4.78, 5) is 27.4. The van der Waals surface area contributed by atoms with Gasteiger partial charge in [0.1, 0.15) is 6.04 Å². The summed E-state index contributed by atoms with van der Waals surface area (Å²) in [5, 5.41) is 0.411. The van der Waals surface area contributed by atoms with Gasteiger partial charge in [-0.1, -0.05) is 63.3 Å². The number of hydrogen-bond donors (Lipinski definition) is 0. The molecule has 1 aliphatic heterocycles. The Morgan fingerprint density at radius 1 is 1.19 bits per heavy atom. The first kappa shape index (κ1) is 21.1. The van der Waals surface area contributed by atoms with Gasteiger partial charge >= 0.3 is 5.97 Å². The molecule has 0 bridgehead atoms. The van der Waals surface area contributed by atoms with Gasteiger partial charge in [-0.3, -0.25) is 4.79 Å². The molecule has 0 spiro atoms. The van der Waals surface area contributed by atoms with Crippen LogP contribution in [0.25, 0.3) is 0 Å². The van der Waals surface area contributed by atoms with Gasteiger partial charge in [0.05, 0.1) is 22.6 Å². The first-order valence-electron chi connectivity index (χ1n) is 9.45. The van der Waals surface area contributed by atoms with Crippen LogP contribution in [0.3, 0.4) is 0 Å². The van der Waals surface area contributed by atoms with Gasteiger partial charge in [0.15, 0.2) is 0 Å². The minimum Gasteiger partial charge on any atom is -0.464 e. The lowest BCUT2D eigenvalue weighted by atomic mass is 10.1. The molecule has 1 fully saturated rings. The number of rotatable bonds is 9. The van der Waals surface area contributed by atoms with E-state index in [1.165, 1.54) is 0 Å². The summed E-state index contributed by atoms with van der Waals surface area (Å²) in [6, 6.07) is 6.48. The molecule has 1 aliphatic rings. The second kappa shape index (κ2) is 10.8. The minimum absolute atomic E-state index is 0.00551. The number of hydrogen-bond acceptors (Lipinski definition) is 4.